The average Bonchev–Trinajstić information content (AvgIpc) is 2.36. The van der Waals surface area contributed by atoms with Crippen LogP contribution in [-0.2, 0) is 0 Å². The standard InChI is InChI=1S/C16H25BrN2/c1-11-7-12(2)13(3)19(10-11)16(9-18)14-5-4-6-15(17)8-14/h4-6,8,11-13,16H,7,9-10,18H2,1-3H3. The summed E-state index contributed by atoms with van der Waals surface area (Å²) in [6.45, 7) is 8.89. The fourth-order valence-electron chi connectivity index (χ4n) is 3.35. The van der Waals surface area contributed by atoms with E-state index in [2.05, 4.69) is 65.9 Å². The van der Waals surface area contributed by atoms with Gasteiger partial charge in [-0.1, -0.05) is 41.9 Å². The Balaban J connectivity index is 2.25. The zero-order chi connectivity index (χ0) is 14.0. The highest BCUT2D eigenvalue weighted by atomic mass is 79.9. The number of piperidine rings is 1. The molecule has 1 fully saturated rings. The second-order valence-corrected chi connectivity index (χ2v) is 6.98. The maximum Gasteiger partial charge on any atom is 0.0473 e. The van der Waals surface area contributed by atoms with E-state index in [1.165, 1.54) is 12.0 Å². The molecule has 2 rings (SSSR count). The van der Waals surface area contributed by atoms with Gasteiger partial charge in [0.05, 0.1) is 0 Å². The highest BCUT2D eigenvalue weighted by Gasteiger charge is 2.33. The van der Waals surface area contributed by atoms with Crippen molar-refractivity contribution in [2.45, 2.75) is 39.3 Å². The second kappa shape index (κ2) is 6.38. The third-order valence-electron chi connectivity index (χ3n) is 4.50. The van der Waals surface area contributed by atoms with Gasteiger partial charge in [-0.3, -0.25) is 4.90 Å². The van der Waals surface area contributed by atoms with Gasteiger partial charge in [0.25, 0.3) is 0 Å². The molecule has 2 N–H and O–H groups in total. The molecular formula is C16H25BrN2. The molecule has 0 amide bonds. The summed E-state index contributed by atoms with van der Waals surface area (Å²) in [5.41, 5.74) is 7.41. The molecule has 1 aliphatic heterocycles. The van der Waals surface area contributed by atoms with Gasteiger partial charge in [0.15, 0.2) is 0 Å². The van der Waals surface area contributed by atoms with Crippen LogP contribution in [0.3, 0.4) is 0 Å². The highest BCUT2D eigenvalue weighted by Crippen LogP contribution is 2.34. The third-order valence-corrected chi connectivity index (χ3v) is 4.99. The van der Waals surface area contributed by atoms with E-state index in [0.29, 0.717) is 18.6 Å². The van der Waals surface area contributed by atoms with Crippen LogP contribution in [0.25, 0.3) is 0 Å². The molecule has 1 aromatic rings. The van der Waals surface area contributed by atoms with Crippen molar-refractivity contribution in [2.24, 2.45) is 17.6 Å². The van der Waals surface area contributed by atoms with Gasteiger partial charge in [0.2, 0.25) is 0 Å². The Morgan fingerprint density at radius 1 is 1.37 bits per heavy atom. The van der Waals surface area contributed by atoms with Gasteiger partial charge in [0.1, 0.15) is 0 Å². The first-order valence-electron chi connectivity index (χ1n) is 7.24. The Morgan fingerprint density at radius 3 is 2.74 bits per heavy atom. The van der Waals surface area contributed by atoms with Crippen molar-refractivity contribution in [3.63, 3.8) is 0 Å². The predicted octanol–water partition coefficient (Wildman–Crippen LogP) is 3.82. The summed E-state index contributed by atoms with van der Waals surface area (Å²) in [6, 6.07) is 9.50. The van der Waals surface area contributed by atoms with Gasteiger partial charge in [-0.15, -0.1) is 0 Å². The summed E-state index contributed by atoms with van der Waals surface area (Å²) in [7, 11) is 0. The van der Waals surface area contributed by atoms with E-state index in [0.717, 1.165) is 22.9 Å². The largest absolute Gasteiger partial charge is 0.329 e. The van der Waals surface area contributed by atoms with Crippen molar-refractivity contribution >= 4 is 15.9 Å². The molecule has 1 aromatic carbocycles. The first-order chi connectivity index (χ1) is 9.02. The van der Waals surface area contributed by atoms with E-state index in [1.54, 1.807) is 0 Å². The van der Waals surface area contributed by atoms with Gasteiger partial charge < -0.3 is 5.73 Å². The van der Waals surface area contributed by atoms with Gasteiger partial charge in [0, 0.05) is 29.6 Å². The average molecular weight is 325 g/mol. The Bertz CT molecular complexity index is 421. The summed E-state index contributed by atoms with van der Waals surface area (Å²) in [5.74, 6) is 1.50. The minimum Gasteiger partial charge on any atom is -0.329 e. The van der Waals surface area contributed by atoms with E-state index in [-0.39, 0.29) is 0 Å². The van der Waals surface area contributed by atoms with Gasteiger partial charge in [-0.25, -0.2) is 0 Å². The van der Waals surface area contributed by atoms with Crippen LogP contribution in [-0.4, -0.2) is 24.0 Å². The number of benzene rings is 1. The predicted molar refractivity (Wildman–Crippen MR) is 85.1 cm³/mol. The monoisotopic (exact) mass is 324 g/mol. The van der Waals surface area contributed by atoms with Gasteiger partial charge >= 0.3 is 0 Å². The molecule has 4 unspecified atom stereocenters. The molecule has 106 valence electrons. The molecule has 1 saturated heterocycles. The first kappa shape index (κ1) is 15.0. The van der Waals surface area contributed by atoms with Crippen molar-refractivity contribution in [3.05, 3.63) is 34.3 Å². The fourth-order valence-corrected chi connectivity index (χ4v) is 3.76. The number of likely N-dealkylation sites (tertiary alicyclic amines) is 1. The summed E-state index contributed by atoms with van der Waals surface area (Å²) in [4.78, 5) is 2.60. The zero-order valence-corrected chi connectivity index (χ0v) is 13.7. The molecule has 0 aliphatic carbocycles. The van der Waals surface area contributed by atoms with Crippen molar-refractivity contribution in [2.75, 3.05) is 13.1 Å². The van der Waals surface area contributed by atoms with E-state index in [9.17, 15) is 0 Å². The van der Waals surface area contributed by atoms with E-state index >= 15 is 0 Å². The van der Waals surface area contributed by atoms with E-state index in [4.69, 9.17) is 5.73 Å². The van der Waals surface area contributed by atoms with Crippen LogP contribution < -0.4 is 5.73 Å². The quantitative estimate of drug-likeness (QED) is 0.915. The Hall–Kier alpha value is -0.380. The van der Waals surface area contributed by atoms with Crippen LogP contribution in [0, 0.1) is 11.8 Å². The summed E-state index contributed by atoms with van der Waals surface area (Å²) in [5, 5.41) is 0. The lowest BCUT2D eigenvalue weighted by atomic mass is 9.84. The molecule has 0 aromatic heterocycles. The van der Waals surface area contributed by atoms with Crippen molar-refractivity contribution in [3.8, 4) is 0 Å². The number of nitrogens with zero attached hydrogens (tertiary/aromatic N) is 1. The summed E-state index contributed by atoms with van der Waals surface area (Å²) < 4.78 is 1.13. The van der Waals surface area contributed by atoms with Crippen molar-refractivity contribution < 1.29 is 0 Å². The Labute approximate surface area is 125 Å². The number of nitrogens with two attached hydrogens (primary N) is 1. The molecule has 0 saturated carbocycles. The third kappa shape index (κ3) is 3.39. The maximum atomic E-state index is 6.08. The van der Waals surface area contributed by atoms with Crippen LogP contribution in [0.1, 0.15) is 38.8 Å². The molecular weight excluding hydrogens is 300 g/mol. The molecule has 2 nitrogen and oxygen atoms in total. The van der Waals surface area contributed by atoms with Crippen LogP contribution in [0.2, 0.25) is 0 Å². The molecule has 19 heavy (non-hydrogen) atoms. The smallest absolute Gasteiger partial charge is 0.0473 e. The lowest BCUT2D eigenvalue weighted by Crippen LogP contribution is -2.49. The summed E-state index contributed by atoms with van der Waals surface area (Å²) in [6.07, 6.45) is 1.33. The molecule has 1 heterocycles. The van der Waals surface area contributed by atoms with Crippen LogP contribution in [0.4, 0.5) is 0 Å². The second-order valence-electron chi connectivity index (χ2n) is 6.06. The van der Waals surface area contributed by atoms with Crippen LogP contribution >= 0.6 is 15.9 Å². The molecule has 3 heteroatoms. The molecule has 0 bridgehead atoms. The lowest BCUT2D eigenvalue weighted by molar-refractivity contribution is 0.0424. The number of rotatable bonds is 3. The summed E-state index contributed by atoms with van der Waals surface area (Å²) >= 11 is 3.56. The highest BCUT2D eigenvalue weighted by molar-refractivity contribution is 9.10. The molecule has 1 aliphatic rings. The van der Waals surface area contributed by atoms with E-state index in [1.807, 2.05) is 0 Å². The van der Waals surface area contributed by atoms with E-state index < -0.39 is 0 Å². The zero-order valence-electron chi connectivity index (χ0n) is 12.1. The van der Waals surface area contributed by atoms with Crippen LogP contribution in [0.5, 0.6) is 0 Å². The number of hydrogen-bond acceptors (Lipinski definition) is 2. The van der Waals surface area contributed by atoms with Crippen molar-refractivity contribution in [1.29, 1.82) is 0 Å². The Morgan fingerprint density at radius 2 is 2.11 bits per heavy atom. The SMILES string of the molecule is CC1CC(C)C(C)N(C(CN)c2cccc(Br)c2)C1. The lowest BCUT2D eigenvalue weighted by Gasteiger charge is -2.45. The molecule has 0 spiro atoms. The maximum absolute atomic E-state index is 6.08. The minimum absolute atomic E-state index is 0.331. The molecule has 4 atom stereocenters. The van der Waals surface area contributed by atoms with Gasteiger partial charge in [-0.05, 0) is 42.9 Å². The minimum atomic E-state index is 0.331. The topological polar surface area (TPSA) is 29.3 Å². The van der Waals surface area contributed by atoms with Crippen molar-refractivity contribution in [1.82, 2.24) is 4.90 Å². The number of halogens is 1. The van der Waals surface area contributed by atoms with Gasteiger partial charge in [-0.2, -0.15) is 0 Å². The van der Waals surface area contributed by atoms with Crippen LogP contribution in [0.15, 0.2) is 28.7 Å². The Kier molecular flexibility index (Phi) is 5.04. The normalized spacial score (nSPS) is 30.3. The number of hydrogen-bond donors (Lipinski definition) is 1. The fraction of sp³-hybridized carbons (Fsp3) is 0.625. The first-order valence-corrected chi connectivity index (χ1v) is 8.03. The molecule has 0 radical (unpaired) electrons.